The van der Waals surface area contributed by atoms with Gasteiger partial charge in [-0.15, -0.1) is 0 Å². The molecule has 1 aliphatic heterocycles. The maximum atomic E-state index is 14.3. The van der Waals surface area contributed by atoms with Crippen molar-refractivity contribution in [3.63, 3.8) is 0 Å². The van der Waals surface area contributed by atoms with E-state index >= 15 is 0 Å². The van der Waals surface area contributed by atoms with Crippen molar-refractivity contribution in [1.29, 1.82) is 0 Å². The highest BCUT2D eigenvalue weighted by atomic mass is 35.5. The van der Waals surface area contributed by atoms with E-state index in [2.05, 4.69) is 20.2 Å². The molecule has 2 fully saturated rings. The molecule has 1 saturated heterocycles. The second kappa shape index (κ2) is 10.3. The van der Waals surface area contributed by atoms with Crippen molar-refractivity contribution < 1.29 is 18.6 Å². The topological polar surface area (TPSA) is 68.7 Å². The molecular formula is C25H28ClFN4O3. The van der Waals surface area contributed by atoms with Gasteiger partial charge in [-0.05, 0) is 37.1 Å². The number of halogens is 2. The molecule has 0 radical (unpaired) electrons. The molecule has 0 spiro atoms. The molecule has 0 bridgehead atoms. The van der Waals surface area contributed by atoms with Gasteiger partial charge in [0.05, 0.1) is 24.9 Å². The number of benzene rings is 2. The fourth-order valence-corrected chi connectivity index (χ4v) is 4.94. The quantitative estimate of drug-likeness (QED) is 0.492. The SMILES string of the molecule is COc1cc2c(Nc3ccc(Cl)cc3F)ncnc2cc1OCC1CN(C2CCCC2)CCO1. The molecule has 34 heavy (non-hydrogen) atoms. The highest BCUT2D eigenvalue weighted by molar-refractivity contribution is 6.30. The molecule has 180 valence electrons. The van der Waals surface area contributed by atoms with Crippen LogP contribution >= 0.6 is 11.6 Å². The number of rotatable bonds is 7. The van der Waals surface area contributed by atoms with Crippen LogP contribution in [0.4, 0.5) is 15.9 Å². The monoisotopic (exact) mass is 486 g/mol. The molecule has 3 aromatic rings. The number of fused-ring (bicyclic) bond motifs is 1. The first kappa shape index (κ1) is 23.1. The van der Waals surface area contributed by atoms with Crippen molar-refractivity contribution in [2.24, 2.45) is 0 Å². The van der Waals surface area contributed by atoms with Gasteiger partial charge in [0.15, 0.2) is 11.5 Å². The Hall–Kier alpha value is -2.68. The Morgan fingerprint density at radius 1 is 1.18 bits per heavy atom. The second-order valence-electron chi connectivity index (χ2n) is 8.73. The summed E-state index contributed by atoms with van der Waals surface area (Å²) < 4.78 is 32.0. The molecule has 2 heterocycles. The zero-order chi connectivity index (χ0) is 23.5. The molecule has 9 heteroatoms. The zero-order valence-electron chi connectivity index (χ0n) is 19.1. The first-order valence-electron chi connectivity index (χ1n) is 11.6. The van der Waals surface area contributed by atoms with Gasteiger partial charge in [-0.2, -0.15) is 0 Å². The van der Waals surface area contributed by atoms with Crippen molar-refractivity contribution >= 4 is 34.0 Å². The number of aromatic nitrogens is 2. The minimum Gasteiger partial charge on any atom is -0.493 e. The van der Waals surface area contributed by atoms with E-state index < -0.39 is 5.82 Å². The van der Waals surface area contributed by atoms with Gasteiger partial charge in [0.2, 0.25) is 0 Å². The van der Waals surface area contributed by atoms with Crippen LogP contribution in [0.3, 0.4) is 0 Å². The molecule has 1 saturated carbocycles. The molecule has 7 nitrogen and oxygen atoms in total. The summed E-state index contributed by atoms with van der Waals surface area (Å²) >= 11 is 5.86. The predicted octanol–water partition coefficient (Wildman–Crippen LogP) is 5.20. The first-order valence-corrected chi connectivity index (χ1v) is 12.0. The van der Waals surface area contributed by atoms with E-state index in [1.807, 2.05) is 6.07 Å². The Morgan fingerprint density at radius 3 is 2.82 bits per heavy atom. The van der Waals surface area contributed by atoms with E-state index in [0.29, 0.717) is 45.9 Å². The lowest BCUT2D eigenvalue weighted by atomic mass is 10.1. The van der Waals surface area contributed by atoms with Crippen LogP contribution in [0.15, 0.2) is 36.7 Å². The number of ether oxygens (including phenoxy) is 3. The van der Waals surface area contributed by atoms with Gasteiger partial charge in [0.1, 0.15) is 30.7 Å². The summed E-state index contributed by atoms with van der Waals surface area (Å²) in [5.74, 6) is 1.12. The third-order valence-electron chi connectivity index (χ3n) is 6.54. The molecule has 1 atom stereocenters. The maximum Gasteiger partial charge on any atom is 0.163 e. The average Bonchev–Trinajstić information content (AvgIpc) is 3.39. The standard InChI is InChI=1S/C25H28ClFN4O3/c1-32-23-11-19-22(28-15-29-25(19)30-21-7-6-16(26)10-20(21)27)12-24(23)34-14-18-13-31(8-9-33-18)17-4-2-3-5-17/h6-7,10-12,15,17-18H,2-5,8-9,13-14H2,1H3,(H,28,29,30). The van der Waals surface area contributed by atoms with Crippen LogP contribution in [0.2, 0.25) is 5.02 Å². The van der Waals surface area contributed by atoms with Gasteiger partial charge in [-0.3, -0.25) is 4.90 Å². The molecular weight excluding hydrogens is 459 g/mol. The third-order valence-corrected chi connectivity index (χ3v) is 6.78. The van der Waals surface area contributed by atoms with E-state index in [9.17, 15) is 4.39 Å². The van der Waals surface area contributed by atoms with Gasteiger partial charge in [-0.1, -0.05) is 24.4 Å². The molecule has 1 aromatic heterocycles. The largest absolute Gasteiger partial charge is 0.493 e. The van der Waals surface area contributed by atoms with Crippen molar-refractivity contribution in [3.05, 3.63) is 47.5 Å². The predicted molar refractivity (Wildman–Crippen MR) is 130 cm³/mol. The molecule has 2 aromatic carbocycles. The minimum atomic E-state index is -0.467. The van der Waals surface area contributed by atoms with E-state index in [0.717, 1.165) is 19.7 Å². The Kier molecular flexibility index (Phi) is 6.99. The highest BCUT2D eigenvalue weighted by Gasteiger charge is 2.29. The smallest absolute Gasteiger partial charge is 0.163 e. The number of morpholine rings is 1. The number of hydrogen-bond donors (Lipinski definition) is 1. The second-order valence-corrected chi connectivity index (χ2v) is 9.17. The number of anilines is 2. The summed E-state index contributed by atoms with van der Waals surface area (Å²) in [6.45, 7) is 3.02. The summed E-state index contributed by atoms with van der Waals surface area (Å²) in [4.78, 5) is 11.2. The third kappa shape index (κ3) is 5.04. The van der Waals surface area contributed by atoms with Gasteiger partial charge in [0.25, 0.3) is 0 Å². The van der Waals surface area contributed by atoms with Crippen LogP contribution in [0, 0.1) is 5.82 Å². The van der Waals surface area contributed by atoms with Crippen LogP contribution in [-0.4, -0.2) is 60.4 Å². The molecule has 0 amide bonds. The van der Waals surface area contributed by atoms with Gasteiger partial charge in [0, 0.05) is 35.6 Å². The Bertz CT molecular complexity index is 1160. The first-order chi connectivity index (χ1) is 16.6. The molecule has 1 aliphatic carbocycles. The Morgan fingerprint density at radius 2 is 2.03 bits per heavy atom. The van der Waals surface area contributed by atoms with E-state index in [-0.39, 0.29) is 11.8 Å². The number of hydrogen-bond acceptors (Lipinski definition) is 7. The Balaban J connectivity index is 1.33. The molecule has 1 unspecified atom stereocenters. The normalized spacial score (nSPS) is 19.4. The van der Waals surface area contributed by atoms with Crippen LogP contribution < -0.4 is 14.8 Å². The van der Waals surface area contributed by atoms with Crippen LogP contribution in [0.25, 0.3) is 10.9 Å². The summed E-state index contributed by atoms with van der Waals surface area (Å²) in [7, 11) is 1.59. The van der Waals surface area contributed by atoms with E-state index in [1.54, 1.807) is 25.3 Å². The summed E-state index contributed by atoms with van der Waals surface area (Å²) in [5, 5.41) is 4.03. The number of methoxy groups -OCH3 is 1. The van der Waals surface area contributed by atoms with Gasteiger partial charge < -0.3 is 19.5 Å². The Labute approximate surface area is 203 Å². The van der Waals surface area contributed by atoms with Gasteiger partial charge >= 0.3 is 0 Å². The highest BCUT2D eigenvalue weighted by Crippen LogP contribution is 2.35. The fourth-order valence-electron chi connectivity index (χ4n) is 4.78. The maximum absolute atomic E-state index is 14.3. The summed E-state index contributed by atoms with van der Waals surface area (Å²) in [6.07, 6.45) is 6.63. The van der Waals surface area contributed by atoms with Crippen LogP contribution in [0.5, 0.6) is 11.5 Å². The molecule has 2 aliphatic rings. The molecule has 5 rings (SSSR count). The van der Waals surface area contributed by atoms with Crippen molar-refractivity contribution in [2.75, 3.05) is 38.7 Å². The fraction of sp³-hybridized carbons (Fsp3) is 0.440. The lowest BCUT2D eigenvalue weighted by Gasteiger charge is -2.36. The summed E-state index contributed by atoms with van der Waals surface area (Å²) in [5.41, 5.74) is 0.921. The number of nitrogens with zero attached hydrogens (tertiary/aromatic N) is 3. The average molecular weight is 487 g/mol. The van der Waals surface area contributed by atoms with Crippen molar-refractivity contribution in [3.8, 4) is 11.5 Å². The lowest BCUT2D eigenvalue weighted by Crippen LogP contribution is -2.48. The number of nitrogens with one attached hydrogen (secondary N) is 1. The lowest BCUT2D eigenvalue weighted by molar-refractivity contribution is -0.0598. The summed E-state index contributed by atoms with van der Waals surface area (Å²) in [6, 6.07) is 8.73. The minimum absolute atomic E-state index is 0.00487. The van der Waals surface area contributed by atoms with E-state index in [1.165, 1.54) is 38.1 Å². The van der Waals surface area contributed by atoms with Crippen molar-refractivity contribution in [1.82, 2.24) is 14.9 Å². The van der Waals surface area contributed by atoms with Crippen LogP contribution in [0.1, 0.15) is 25.7 Å². The van der Waals surface area contributed by atoms with Crippen LogP contribution in [-0.2, 0) is 4.74 Å². The van der Waals surface area contributed by atoms with Gasteiger partial charge in [-0.25, -0.2) is 14.4 Å². The molecule has 1 N–H and O–H groups in total. The van der Waals surface area contributed by atoms with E-state index in [4.69, 9.17) is 25.8 Å². The van der Waals surface area contributed by atoms with Crippen molar-refractivity contribution in [2.45, 2.75) is 37.8 Å². The zero-order valence-corrected chi connectivity index (χ0v) is 19.9.